The Hall–Kier alpha value is -2.14. The molecule has 1 amide bonds. The molecule has 1 aromatic carbocycles. The van der Waals surface area contributed by atoms with Gasteiger partial charge >= 0.3 is 0 Å². The monoisotopic (exact) mass is 365 g/mol. The molecule has 1 atom stereocenters. The molecular weight excluding hydrogens is 338 g/mol. The lowest BCUT2D eigenvalue weighted by atomic mass is 9.87. The summed E-state index contributed by atoms with van der Waals surface area (Å²) in [5.41, 5.74) is 4.65. The quantitative estimate of drug-likeness (QED) is 0.821. The number of piperazine rings is 1. The summed E-state index contributed by atoms with van der Waals surface area (Å²) in [6, 6.07) is 9.44. The fourth-order valence-electron chi connectivity index (χ4n) is 4.98. The van der Waals surface area contributed by atoms with E-state index in [0.717, 1.165) is 69.6 Å². The summed E-state index contributed by atoms with van der Waals surface area (Å²) in [4.78, 5) is 17.5. The molecule has 2 aliphatic carbocycles. The van der Waals surface area contributed by atoms with Crippen LogP contribution < -0.4 is 0 Å². The van der Waals surface area contributed by atoms with E-state index in [2.05, 4.69) is 34.3 Å². The lowest BCUT2D eigenvalue weighted by molar-refractivity contribution is 0.0543. The molecule has 5 heteroatoms. The molecule has 0 saturated carbocycles. The van der Waals surface area contributed by atoms with E-state index in [1.807, 2.05) is 4.90 Å². The van der Waals surface area contributed by atoms with Gasteiger partial charge in [0, 0.05) is 44.2 Å². The van der Waals surface area contributed by atoms with E-state index in [-0.39, 0.29) is 5.91 Å². The third-order valence-corrected chi connectivity index (χ3v) is 6.59. The Morgan fingerprint density at radius 2 is 1.78 bits per heavy atom. The van der Waals surface area contributed by atoms with E-state index in [1.54, 1.807) is 0 Å². The molecule has 2 heterocycles. The van der Waals surface area contributed by atoms with Crippen molar-refractivity contribution in [1.82, 2.24) is 15.0 Å². The molecule has 3 aliphatic rings. The molecule has 1 aromatic heterocycles. The number of nitrogens with zero attached hydrogens (tertiary/aromatic N) is 3. The Morgan fingerprint density at radius 3 is 2.63 bits per heavy atom. The molecule has 0 unspecified atom stereocenters. The molecule has 0 spiro atoms. The van der Waals surface area contributed by atoms with Gasteiger partial charge in [0.25, 0.3) is 5.91 Å². The number of aromatic nitrogens is 1. The summed E-state index contributed by atoms with van der Waals surface area (Å²) in [6.07, 6.45) is 7.66. The number of carbonyl (C=O) groups is 1. The second-order valence-corrected chi connectivity index (χ2v) is 8.13. The minimum atomic E-state index is 0.0653. The molecule has 5 nitrogen and oxygen atoms in total. The lowest BCUT2D eigenvalue weighted by Gasteiger charge is -2.41. The Balaban J connectivity index is 1.22. The van der Waals surface area contributed by atoms with Crippen LogP contribution in [0.3, 0.4) is 0 Å². The fourth-order valence-corrected chi connectivity index (χ4v) is 4.98. The van der Waals surface area contributed by atoms with Crippen molar-refractivity contribution in [3.8, 4) is 0 Å². The molecule has 0 radical (unpaired) electrons. The standard InChI is InChI=1S/C22H27N3O2/c26-22(21-19-7-3-4-8-20(19)27-23-21)25-13-11-24(12-14-25)18-10-9-16-5-1-2-6-17(16)15-18/h1-2,5-6,18H,3-4,7-15H2/t18-/m0/s1. The van der Waals surface area contributed by atoms with Gasteiger partial charge in [-0.25, -0.2) is 0 Å². The molecule has 1 aliphatic heterocycles. The number of carbonyl (C=O) groups excluding carboxylic acids is 1. The summed E-state index contributed by atoms with van der Waals surface area (Å²) >= 11 is 0. The number of fused-ring (bicyclic) bond motifs is 2. The third-order valence-electron chi connectivity index (χ3n) is 6.59. The first-order valence-corrected chi connectivity index (χ1v) is 10.4. The summed E-state index contributed by atoms with van der Waals surface area (Å²) in [7, 11) is 0. The number of amides is 1. The zero-order valence-corrected chi connectivity index (χ0v) is 15.8. The molecule has 0 bridgehead atoms. The maximum absolute atomic E-state index is 13.0. The molecule has 2 aromatic rings. The number of rotatable bonds is 2. The minimum absolute atomic E-state index is 0.0653. The second-order valence-electron chi connectivity index (χ2n) is 8.13. The van der Waals surface area contributed by atoms with Crippen LogP contribution in [0, 0.1) is 0 Å². The second kappa shape index (κ2) is 7.12. The molecular formula is C22H27N3O2. The zero-order chi connectivity index (χ0) is 18.2. The van der Waals surface area contributed by atoms with Crippen molar-refractivity contribution < 1.29 is 9.32 Å². The van der Waals surface area contributed by atoms with Gasteiger partial charge in [0.05, 0.1) is 0 Å². The predicted molar refractivity (Wildman–Crippen MR) is 103 cm³/mol. The average molecular weight is 365 g/mol. The van der Waals surface area contributed by atoms with Gasteiger partial charge in [0.2, 0.25) is 0 Å². The number of hydrogen-bond acceptors (Lipinski definition) is 4. The zero-order valence-electron chi connectivity index (χ0n) is 15.8. The van der Waals surface area contributed by atoms with Crippen LogP contribution in [0.15, 0.2) is 28.8 Å². The van der Waals surface area contributed by atoms with Crippen molar-refractivity contribution in [2.45, 2.75) is 51.0 Å². The predicted octanol–water partition coefficient (Wildman–Crippen LogP) is 2.87. The van der Waals surface area contributed by atoms with Gasteiger partial charge in [-0.2, -0.15) is 0 Å². The summed E-state index contributed by atoms with van der Waals surface area (Å²) in [5.74, 6) is 1.000. The van der Waals surface area contributed by atoms with Crippen LogP contribution in [0.1, 0.15) is 52.2 Å². The summed E-state index contributed by atoms with van der Waals surface area (Å²) in [6.45, 7) is 3.49. The van der Waals surface area contributed by atoms with E-state index in [0.29, 0.717) is 11.7 Å². The third kappa shape index (κ3) is 3.18. The topological polar surface area (TPSA) is 49.6 Å². The average Bonchev–Trinajstić information content (AvgIpc) is 3.17. The van der Waals surface area contributed by atoms with Gasteiger partial charge in [0.1, 0.15) is 5.76 Å². The maximum Gasteiger partial charge on any atom is 0.276 e. The molecule has 1 saturated heterocycles. The van der Waals surface area contributed by atoms with E-state index >= 15 is 0 Å². The fraction of sp³-hybridized carbons (Fsp3) is 0.545. The number of aryl methyl sites for hydroxylation is 2. The van der Waals surface area contributed by atoms with Crippen molar-refractivity contribution in [3.63, 3.8) is 0 Å². The maximum atomic E-state index is 13.0. The van der Waals surface area contributed by atoms with Crippen LogP contribution in [0.4, 0.5) is 0 Å². The minimum Gasteiger partial charge on any atom is -0.360 e. The first-order valence-electron chi connectivity index (χ1n) is 10.4. The van der Waals surface area contributed by atoms with Crippen molar-refractivity contribution in [2.75, 3.05) is 26.2 Å². The van der Waals surface area contributed by atoms with Gasteiger partial charge in [-0.15, -0.1) is 0 Å². The molecule has 0 N–H and O–H groups in total. The smallest absolute Gasteiger partial charge is 0.276 e. The lowest BCUT2D eigenvalue weighted by Crippen LogP contribution is -2.53. The first-order chi connectivity index (χ1) is 13.3. The van der Waals surface area contributed by atoms with Crippen LogP contribution in [-0.4, -0.2) is 53.1 Å². The van der Waals surface area contributed by atoms with Gasteiger partial charge in [0.15, 0.2) is 5.69 Å². The number of benzene rings is 1. The van der Waals surface area contributed by atoms with Crippen molar-refractivity contribution in [2.24, 2.45) is 0 Å². The van der Waals surface area contributed by atoms with Gasteiger partial charge in [-0.05, 0) is 49.7 Å². The van der Waals surface area contributed by atoms with Crippen molar-refractivity contribution in [1.29, 1.82) is 0 Å². The Morgan fingerprint density at radius 1 is 1.00 bits per heavy atom. The van der Waals surface area contributed by atoms with Crippen LogP contribution in [0.5, 0.6) is 0 Å². The van der Waals surface area contributed by atoms with E-state index in [1.165, 1.54) is 24.0 Å². The highest BCUT2D eigenvalue weighted by molar-refractivity contribution is 5.94. The summed E-state index contributed by atoms with van der Waals surface area (Å²) in [5, 5.41) is 4.13. The molecule has 1 fully saturated rings. The van der Waals surface area contributed by atoms with Gasteiger partial charge < -0.3 is 9.42 Å². The normalized spacial score (nSPS) is 23.0. The van der Waals surface area contributed by atoms with Crippen molar-refractivity contribution in [3.05, 3.63) is 52.4 Å². The molecule has 27 heavy (non-hydrogen) atoms. The largest absolute Gasteiger partial charge is 0.360 e. The van der Waals surface area contributed by atoms with E-state index in [9.17, 15) is 4.79 Å². The molecule has 5 rings (SSSR count). The Kier molecular flexibility index (Phi) is 4.48. The Labute approximate surface area is 160 Å². The number of hydrogen-bond donors (Lipinski definition) is 0. The van der Waals surface area contributed by atoms with Gasteiger partial charge in [-0.3, -0.25) is 9.69 Å². The highest BCUT2D eigenvalue weighted by atomic mass is 16.5. The van der Waals surface area contributed by atoms with E-state index < -0.39 is 0 Å². The van der Waals surface area contributed by atoms with Crippen LogP contribution in [0.2, 0.25) is 0 Å². The van der Waals surface area contributed by atoms with Gasteiger partial charge in [-0.1, -0.05) is 29.4 Å². The Bertz CT molecular complexity index is 836. The van der Waals surface area contributed by atoms with Crippen LogP contribution in [0.25, 0.3) is 0 Å². The van der Waals surface area contributed by atoms with Crippen LogP contribution >= 0.6 is 0 Å². The van der Waals surface area contributed by atoms with Crippen LogP contribution in [-0.2, 0) is 25.7 Å². The molecule has 142 valence electrons. The summed E-state index contributed by atoms with van der Waals surface area (Å²) < 4.78 is 5.44. The SMILES string of the molecule is O=C(c1noc2c1CCCC2)N1CCN([C@H]2CCc3ccccc3C2)CC1. The highest BCUT2D eigenvalue weighted by Gasteiger charge is 2.32. The first kappa shape index (κ1) is 17.0. The van der Waals surface area contributed by atoms with Crippen molar-refractivity contribution >= 4 is 5.91 Å². The highest BCUT2D eigenvalue weighted by Crippen LogP contribution is 2.27. The van der Waals surface area contributed by atoms with E-state index in [4.69, 9.17) is 4.52 Å².